The van der Waals surface area contributed by atoms with E-state index in [1.165, 1.54) is 0 Å². The molecule has 0 heterocycles. The van der Waals surface area contributed by atoms with Crippen molar-refractivity contribution < 1.29 is 14.4 Å². The molecular weight excluding hydrogens is 324 g/mol. The van der Waals surface area contributed by atoms with Crippen molar-refractivity contribution >= 4 is 17.3 Å². The molecule has 0 aliphatic heterocycles. The molecule has 0 unspecified atom stereocenters. The van der Waals surface area contributed by atoms with Crippen molar-refractivity contribution in [3.63, 3.8) is 0 Å². The third-order valence-electron chi connectivity index (χ3n) is 3.46. The predicted molar refractivity (Wildman–Crippen MR) is 114 cm³/mol. The molecule has 1 fully saturated rings. The van der Waals surface area contributed by atoms with E-state index in [4.69, 9.17) is 0 Å². The van der Waals surface area contributed by atoms with Crippen molar-refractivity contribution in [1.29, 1.82) is 0 Å². The molecule has 0 N–H and O–H groups in total. The lowest BCUT2D eigenvalue weighted by atomic mass is 9.91. The van der Waals surface area contributed by atoms with Gasteiger partial charge in [-0.2, -0.15) is 0 Å². The zero-order valence-electron chi connectivity index (χ0n) is 17.1. The fourth-order valence-electron chi connectivity index (χ4n) is 1.55. The molecule has 1 rings (SSSR count). The zero-order valence-corrected chi connectivity index (χ0v) is 17.1. The minimum absolute atomic E-state index is 0. The predicted octanol–water partition coefficient (Wildman–Crippen LogP) is 6.14. The summed E-state index contributed by atoms with van der Waals surface area (Å²) in [6, 6.07) is 0. The highest BCUT2D eigenvalue weighted by atomic mass is 16.1. The standard InChI is InChI=1S/C8H12O.C7H12O.C6H12O.2CH4/c1-5-6-7(9)8(2,3)4;1-5(2)7(8)6-3-4-6;1-4-6(7)5(2)3;;/h1-4H3;5-6H,3-4H2,1-2H3;5H,4H2,1-3H3;2*1H4. The number of carbonyl (C=O) groups is 3. The number of rotatable bonds is 4. The molecule has 0 aromatic heterocycles. The third-order valence-corrected chi connectivity index (χ3v) is 3.46. The fraction of sp³-hybridized carbons (Fsp3) is 0.783. The Morgan fingerprint density at radius 1 is 0.962 bits per heavy atom. The van der Waals surface area contributed by atoms with Crippen LogP contribution in [0.3, 0.4) is 0 Å². The van der Waals surface area contributed by atoms with Crippen LogP contribution in [0.25, 0.3) is 0 Å². The lowest BCUT2D eigenvalue weighted by Crippen LogP contribution is -2.17. The van der Waals surface area contributed by atoms with Gasteiger partial charge in [0.15, 0.2) is 0 Å². The van der Waals surface area contributed by atoms with Gasteiger partial charge in [-0.25, -0.2) is 0 Å². The lowest BCUT2D eigenvalue weighted by molar-refractivity contribution is -0.123. The van der Waals surface area contributed by atoms with Crippen LogP contribution in [0.15, 0.2) is 0 Å². The quantitative estimate of drug-likeness (QED) is 0.442. The third kappa shape index (κ3) is 17.4. The second-order valence-corrected chi connectivity index (χ2v) is 7.76. The molecule has 26 heavy (non-hydrogen) atoms. The molecule has 1 saturated carbocycles. The van der Waals surface area contributed by atoms with Gasteiger partial charge >= 0.3 is 0 Å². The summed E-state index contributed by atoms with van der Waals surface area (Å²) >= 11 is 0. The van der Waals surface area contributed by atoms with Crippen LogP contribution in [0.4, 0.5) is 0 Å². The van der Waals surface area contributed by atoms with Gasteiger partial charge in [0.1, 0.15) is 11.6 Å². The maximum Gasteiger partial charge on any atom is 0.210 e. The Kier molecular flexibility index (Phi) is 19.6. The summed E-state index contributed by atoms with van der Waals surface area (Å²) < 4.78 is 0. The van der Waals surface area contributed by atoms with Gasteiger partial charge < -0.3 is 0 Å². The summed E-state index contributed by atoms with van der Waals surface area (Å²) in [4.78, 5) is 32.3. The molecule has 0 bridgehead atoms. The van der Waals surface area contributed by atoms with Crippen molar-refractivity contribution in [2.24, 2.45) is 23.2 Å². The van der Waals surface area contributed by atoms with Gasteiger partial charge in [-0.05, 0) is 25.7 Å². The van der Waals surface area contributed by atoms with E-state index in [0.717, 1.165) is 12.8 Å². The Labute approximate surface area is 163 Å². The number of ketones is 3. The van der Waals surface area contributed by atoms with Gasteiger partial charge in [-0.1, -0.05) is 76.2 Å². The summed E-state index contributed by atoms with van der Waals surface area (Å²) in [5, 5.41) is 0. The van der Waals surface area contributed by atoms with Crippen molar-refractivity contribution in [1.82, 2.24) is 0 Å². The van der Waals surface area contributed by atoms with Crippen LogP contribution in [-0.4, -0.2) is 17.3 Å². The Balaban J connectivity index is -0.000000135. The Bertz CT molecular complexity index is 460. The first-order valence-electron chi connectivity index (χ1n) is 8.91. The summed E-state index contributed by atoms with van der Waals surface area (Å²) in [7, 11) is 0. The van der Waals surface area contributed by atoms with E-state index in [9.17, 15) is 14.4 Å². The Morgan fingerprint density at radius 3 is 1.46 bits per heavy atom. The Hall–Kier alpha value is -1.43. The largest absolute Gasteiger partial charge is 0.299 e. The fourth-order valence-corrected chi connectivity index (χ4v) is 1.55. The number of hydrogen-bond donors (Lipinski definition) is 0. The SMILES string of the molecule is C.C.CC#CC(=O)C(C)(C)C.CC(C)C(=O)C1CC1.CCC(=O)C(C)C. The molecule has 0 amide bonds. The average Bonchev–Trinajstić information content (AvgIpc) is 3.30. The molecule has 154 valence electrons. The van der Waals surface area contributed by atoms with Crippen molar-refractivity contribution in [3.8, 4) is 11.8 Å². The second-order valence-electron chi connectivity index (χ2n) is 7.76. The maximum absolute atomic E-state index is 10.9. The first-order chi connectivity index (χ1) is 10.9. The first-order valence-corrected chi connectivity index (χ1v) is 8.91. The van der Waals surface area contributed by atoms with E-state index in [0.29, 0.717) is 23.9 Å². The summed E-state index contributed by atoms with van der Waals surface area (Å²) in [5.74, 6) is 6.83. The topological polar surface area (TPSA) is 51.2 Å². The van der Waals surface area contributed by atoms with E-state index in [1.807, 2.05) is 55.4 Å². The lowest BCUT2D eigenvalue weighted by Gasteiger charge is -2.10. The van der Waals surface area contributed by atoms with Gasteiger partial charge in [-0.15, -0.1) is 0 Å². The first kappa shape index (κ1) is 32.3. The summed E-state index contributed by atoms with van der Waals surface area (Å²) in [6.45, 7) is 16.9. The van der Waals surface area contributed by atoms with E-state index < -0.39 is 0 Å². The van der Waals surface area contributed by atoms with E-state index in [1.54, 1.807) is 6.92 Å². The van der Waals surface area contributed by atoms with E-state index in [2.05, 4.69) is 11.8 Å². The highest BCUT2D eigenvalue weighted by Crippen LogP contribution is 2.32. The summed E-state index contributed by atoms with van der Waals surface area (Å²) in [5.41, 5.74) is -0.303. The monoisotopic (exact) mass is 368 g/mol. The van der Waals surface area contributed by atoms with Gasteiger partial charge in [-0.3, -0.25) is 14.4 Å². The molecule has 0 atom stereocenters. The van der Waals surface area contributed by atoms with Gasteiger partial charge in [0.2, 0.25) is 5.78 Å². The molecule has 0 aromatic carbocycles. The van der Waals surface area contributed by atoms with Gasteiger partial charge in [0, 0.05) is 29.6 Å². The van der Waals surface area contributed by atoms with Crippen molar-refractivity contribution in [2.45, 2.75) is 96.4 Å². The van der Waals surface area contributed by atoms with Gasteiger partial charge in [0.25, 0.3) is 0 Å². The number of hydrogen-bond acceptors (Lipinski definition) is 3. The second kappa shape index (κ2) is 15.8. The maximum atomic E-state index is 10.9. The molecule has 0 saturated heterocycles. The minimum atomic E-state index is -0.303. The minimum Gasteiger partial charge on any atom is -0.299 e. The molecule has 0 radical (unpaired) electrons. The highest BCUT2D eigenvalue weighted by Gasteiger charge is 2.30. The van der Waals surface area contributed by atoms with Crippen LogP contribution in [0, 0.1) is 35.0 Å². The molecule has 3 nitrogen and oxygen atoms in total. The molecule has 1 aliphatic rings. The van der Waals surface area contributed by atoms with Crippen molar-refractivity contribution in [3.05, 3.63) is 0 Å². The van der Waals surface area contributed by atoms with Crippen LogP contribution in [0.2, 0.25) is 0 Å². The van der Waals surface area contributed by atoms with Crippen LogP contribution in [0.5, 0.6) is 0 Å². The zero-order chi connectivity index (χ0) is 19.5. The normalized spacial score (nSPS) is 12.0. The molecule has 0 spiro atoms. The van der Waals surface area contributed by atoms with E-state index >= 15 is 0 Å². The Morgan fingerprint density at radius 2 is 1.38 bits per heavy atom. The molecule has 0 aromatic rings. The number of carbonyl (C=O) groups excluding carboxylic acids is 3. The van der Waals surface area contributed by atoms with Crippen LogP contribution >= 0.6 is 0 Å². The van der Waals surface area contributed by atoms with Gasteiger partial charge in [0.05, 0.1) is 0 Å². The van der Waals surface area contributed by atoms with Crippen LogP contribution < -0.4 is 0 Å². The number of Topliss-reactive ketones (excluding diaryl/α,β-unsaturated/α-hetero) is 3. The van der Waals surface area contributed by atoms with Crippen LogP contribution in [-0.2, 0) is 14.4 Å². The molecular formula is C23H44O3. The van der Waals surface area contributed by atoms with Crippen LogP contribution in [0.1, 0.15) is 96.4 Å². The average molecular weight is 369 g/mol. The van der Waals surface area contributed by atoms with Crippen molar-refractivity contribution in [2.75, 3.05) is 0 Å². The van der Waals surface area contributed by atoms with E-state index in [-0.39, 0.29) is 37.9 Å². The highest BCUT2D eigenvalue weighted by molar-refractivity contribution is 5.99. The smallest absolute Gasteiger partial charge is 0.210 e. The summed E-state index contributed by atoms with van der Waals surface area (Å²) in [6.07, 6.45) is 2.98. The molecule has 1 aliphatic carbocycles. The molecule has 3 heteroatoms.